The molecule has 0 amide bonds. The van der Waals surface area contributed by atoms with Gasteiger partial charge in [-0.25, -0.2) is 21.4 Å². The lowest BCUT2D eigenvalue weighted by atomic mass is 10.1. The molecule has 3 heterocycles. The van der Waals surface area contributed by atoms with Gasteiger partial charge in [-0.3, -0.25) is 0 Å². The van der Waals surface area contributed by atoms with Gasteiger partial charge in [0.15, 0.2) is 24.7 Å². The molecule has 0 radical (unpaired) electrons. The summed E-state index contributed by atoms with van der Waals surface area (Å²) in [5, 5.41) is 3.21. The Hall–Kier alpha value is -3.59. The smallest absolute Gasteiger partial charge is 0.268 e. The lowest BCUT2D eigenvalue weighted by Gasteiger charge is -2.18. The molecule has 6 rings (SSSR count). The number of hydrogen-bond acceptors (Lipinski definition) is 9. The molecule has 0 N–H and O–H groups in total. The molecule has 0 atom stereocenters. The molecule has 14 heteroatoms. The highest BCUT2D eigenvalue weighted by molar-refractivity contribution is 7.85. The molecule has 250 valence electrons. The van der Waals surface area contributed by atoms with Crippen LogP contribution < -0.4 is 18.8 Å². The van der Waals surface area contributed by atoms with Gasteiger partial charge < -0.3 is 18.7 Å². The first-order valence-electron chi connectivity index (χ1n) is 14.5. The van der Waals surface area contributed by atoms with E-state index in [9.17, 15) is 25.9 Å². The van der Waals surface area contributed by atoms with Crippen molar-refractivity contribution in [2.45, 2.75) is 40.3 Å². The molecule has 3 aromatic carbocycles. The minimum absolute atomic E-state index is 0. The normalized spacial score (nSPS) is 13.6. The van der Waals surface area contributed by atoms with Gasteiger partial charge in [0.05, 0.1) is 37.4 Å². The minimum Gasteiger partial charge on any atom is -0.748 e. The van der Waals surface area contributed by atoms with Gasteiger partial charge in [-0.1, -0.05) is 60.7 Å². The molecule has 0 spiro atoms. The van der Waals surface area contributed by atoms with Crippen LogP contribution in [0.2, 0.25) is 5.02 Å². The van der Waals surface area contributed by atoms with Crippen LogP contribution in [0.3, 0.4) is 0 Å². The lowest BCUT2D eigenvalue weighted by molar-refractivity contribution is -0.693. The number of halogens is 1. The van der Waals surface area contributed by atoms with Crippen molar-refractivity contribution >= 4 is 75.9 Å². The summed E-state index contributed by atoms with van der Waals surface area (Å²) >= 11 is 7.68. The van der Waals surface area contributed by atoms with E-state index in [1.807, 2.05) is 59.2 Å². The van der Waals surface area contributed by atoms with Gasteiger partial charge >= 0.3 is 0 Å². The van der Waals surface area contributed by atoms with Gasteiger partial charge in [0.25, 0.3) is 5.01 Å². The van der Waals surface area contributed by atoms with Gasteiger partial charge in [0, 0.05) is 41.6 Å². The second kappa shape index (κ2) is 15.5. The largest absolute Gasteiger partial charge is 0.748 e. The predicted molar refractivity (Wildman–Crippen MR) is 184 cm³/mol. The number of anilines is 1. The van der Waals surface area contributed by atoms with E-state index in [-0.39, 0.29) is 33.4 Å². The van der Waals surface area contributed by atoms with E-state index in [4.69, 9.17) is 16.3 Å². The molecule has 5 aromatic rings. The Bertz CT molecular complexity index is 2100. The van der Waals surface area contributed by atoms with Gasteiger partial charge in [-0.15, -0.1) is 0 Å². The summed E-state index contributed by atoms with van der Waals surface area (Å²) in [7, 11) is -8.76. The van der Waals surface area contributed by atoms with Crippen molar-refractivity contribution in [3.8, 4) is 5.75 Å². The van der Waals surface area contributed by atoms with Crippen LogP contribution in [0.15, 0.2) is 91.1 Å². The molecule has 1 aliphatic rings. The first kappa shape index (κ1) is 36.2. The zero-order chi connectivity index (χ0) is 32.9. The van der Waals surface area contributed by atoms with Crippen LogP contribution in [0, 0.1) is 0 Å². The molecular formula is C33H36ClN3O7S3. The van der Waals surface area contributed by atoms with Crippen molar-refractivity contribution in [3.05, 3.63) is 101 Å². The van der Waals surface area contributed by atoms with Crippen molar-refractivity contribution in [3.63, 3.8) is 0 Å². The summed E-state index contributed by atoms with van der Waals surface area (Å²) in [5.74, 6) is -0.0765. The standard InChI is InChI=1S/C25H23ClN2O7S3.C7H10N.CH4/c26-18-8-9-21-20(15-18)27(11-3-13-37(29,30)31)23(35-21)16-24-28(12-4-14-38(32,33)34)25-19-6-2-1-5-17(19)7-10-22(25)36-24;1-2-8-6-4-3-5-7-8;/h1-2,5-10,15-16H,3-4,11-14H2,(H-,29,30,31,32,33,34);3-7H,2H2,1H3;1H4/q;+1;/p-1. The zero-order valence-corrected chi connectivity index (χ0v) is 28.1. The second-order valence-electron chi connectivity index (χ2n) is 10.5. The number of thiazole rings is 1. The highest BCUT2D eigenvalue weighted by atomic mass is 35.5. The van der Waals surface area contributed by atoms with E-state index in [0.29, 0.717) is 22.3 Å². The molecule has 0 saturated heterocycles. The molecule has 0 saturated carbocycles. The number of benzene rings is 3. The quantitative estimate of drug-likeness (QED) is 0.133. The van der Waals surface area contributed by atoms with E-state index in [1.165, 1.54) is 11.3 Å². The van der Waals surface area contributed by atoms with Crippen LogP contribution >= 0.6 is 22.9 Å². The molecule has 47 heavy (non-hydrogen) atoms. The van der Waals surface area contributed by atoms with Crippen molar-refractivity contribution in [2.24, 2.45) is 0 Å². The Morgan fingerprint density at radius 3 is 2.30 bits per heavy atom. The summed E-state index contributed by atoms with van der Waals surface area (Å²) < 4.78 is 78.6. The number of pyridine rings is 1. The maximum Gasteiger partial charge on any atom is 0.268 e. The van der Waals surface area contributed by atoms with Crippen LogP contribution in [-0.4, -0.2) is 44.0 Å². The summed E-state index contributed by atoms with van der Waals surface area (Å²) in [5.41, 5.74) is 1.55. The summed E-state index contributed by atoms with van der Waals surface area (Å²) in [6, 6.07) is 23.0. The van der Waals surface area contributed by atoms with Crippen molar-refractivity contribution in [1.29, 1.82) is 0 Å². The molecule has 0 bridgehead atoms. The fourth-order valence-electron chi connectivity index (χ4n) is 5.17. The molecule has 10 nitrogen and oxygen atoms in total. The number of aromatic nitrogens is 2. The highest BCUT2D eigenvalue weighted by Crippen LogP contribution is 2.41. The number of ether oxygens (including phenoxy) is 1. The van der Waals surface area contributed by atoms with E-state index >= 15 is 0 Å². The Morgan fingerprint density at radius 2 is 1.62 bits per heavy atom. The third kappa shape index (κ3) is 9.49. The average Bonchev–Trinajstić information content (AvgIpc) is 3.54. The Morgan fingerprint density at radius 1 is 0.915 bits per heavy atom. The lowest BCUT2D eigenvalue weighted by Crippen LogP contribution is -2.36. The summed E-state index contributed by atoms with van der Waals surface area (Å²) in [4.78, 5) is 1.77. The maximum absolute atomic E-state index is 11.3. The van der Waals surface area contributed by atoms with Gasteiger partial charge in [0.2, 0.25) is 11.4 Å². The van der Waals surface area contributed by atoms with E-state index in [2.05, 4.69) is 23.9 Å². The minimum atomic E-state index is -4.38. The van der Waals surface area contributed by atoms with Crippen molar-refractivity contribution in [2.75, 3.05) is 23.0 Å². The molecule has 0 fully saturated rings. The Kier molecular flexibility index (Phi) is 12.0. The fraction of sp³-hybridized carbons (Fsp3) is 0.273. The fourth-order valence-corrected chi connectivity index (χ4v) is 7.43. The third-order valence-corrected chi connectivity index (χ3v) is 10.2. The molecular weight excluding hydrogens is 682 g/mol. The topological polar surface area (TPSA) is 135 Å². The second-order valence-corrected chi connectivity index (χ2v) is 15.1. The van der Waals surface area contributed by atoms with Gasteiger partial charge in [-0.2, -0.15) is 4.57 Å². The molecule has 0 unspecified atom stereocenters. The van der Waals surface area contributed by atoms with Crippen molar-refractivity contribution in [1.82, 2.24) is 0 Å². The Labute approximate surface area is 284 Å². The average molecular weight is 718 g/mol. The first-order chi connectivity index (χ1) is 21.9. The van der Waals surface area contributed by atoms with Crippen LogP contribution in [0.1, 0.15) is 32.2 Å². The number of nitrogens with zero attached hydrogens (tertiary/aromatic N) is 3. The van der Waals surface area contributed by atoms with E-state index in [1.54, 1.807) is 29.2 Å². The number of hydrogen-bond donors (Lipinski definition) is 0. The number of aryl methyl sites for hydroxylation is 2. The summed E-state index contributed by atoms with van der Waals surface area (Å²) in [6.45, 7) is 3.66. The zero-order valence-electron chi connectivity index (χ0n) is 24.9. The maximum atomic E-state index is 11.3. The van der Waals surface area contributed by atoms with Gasteiger partial charge in [-0.05, 0) is 49.1 Å². The first-order valence-corrected chi connectivity index (χ1v) is 18.9. The molecule has 1 aliphatic heterocycles. The molecule has 2 aromatic heterocycles. The van der Waals surface area contributed by atoms with E-state index < -0.39 is 31.7 Å². The summed E-state index contributed by atoms with van der Waals surface area (Å²) in [6.07, 6.45) is 6.12. The van der Waals surface area contributed by atoms with Gasteiger partial charge in [0.1, 0.15) is 11.2 Å². The number of rotatable bonds is 10. The van der Waals surface area contributed by atoms with Crippen LogP contribution in [0.4, 0.5) is 5.69 Å². The third-order valence-electron chi connectivity index (χ3n) is 7.25. The van der Waals surface area contributed by atoms with Crippen LogP contribution in [-0.2, 0) is 33.3 Å². The Balaban J connectivity index is 0.000000487. The predicted octanol–water partition coefficient (Wildman–Crippen LogP) is 5.69. The SMILES string of the molecule is C.CC[n+]1ccccc1.O=S(=O)([O-])CCCN1C(=Cc2sc3ccc4ccccc4c3[n+]2CCCS(=O)(=O)[O-])Oc2ccc(Cl)cc21. The number of fused-ring (bicyclic) bond motifs is 4. The van der Waals surface area contributed by atoms with Crippen LogP contribution in [0.25, 0.3) is 27.1 Å². The van der Waals surface area contributed by atoms with Crippen molar-refractivity contribution < 1.29 is 39.8 Å². The van der Waals surface area contributed by atoms with Crippen LogP contribution in [0.5, 0.6) is 5.75 Å². The highest BCUT2D eigenvalue weighted by Gasteiger charge is 2.30. The van der Waals surface area contributed by atoms with E-state index in [0.717, 1.165) is 32.5 Å². The molecule has 0 aliphatic carbocycles. The monoisotopic (exact) mass is 717 g/mol.